The van der Waals surface area contributed by atoms with E-state index in [9.17, 15) is 0 Å². The third-order valence-corrected chi connectivity index (χ3v) is 3.55. The third kappa shape index (κ3) is 2.55. The maximum absolute atomic E-state index is 6.20. The van der Waals surface area contributed by atoms with Crippen LogP contribution in [0, 0.1) is 0 Å². The Balaban J connectivity index is 2.75. The molecule has 0 spiro atoms. The molecule has 1 aromatic heterocycles. The van der Waals surface area contributed by atoms with Crippen LogP contribution in [0.5, 0.6) is 0 Å². The molecule has 0 aliphatic heterocycles. The topological polar surface area (TPSA) is 25.2 Å². The van der Waals surface area contributed by atoms with Gasteiger partial charge in [0, 0.05) is 16.5 Å². The number of hydrogen-bond acceptors (Lipinski definition) is 2. The van der Waals surface area contributed by atoms with E-state index in [1.54, 1.807) is 0 Å². The van der Waals surface area contributed by atoms with Gasteiger partial charge < -0.3 is 9.73 Å². The highest BCUT2D eigenvalue weighted by molar-refractivity contribution is 5.86. The number of hydrogen-bond donors (Lipinski definition) is 1. The smallest absolute Gasteiger partial charge is 0.138 e. The molecule has 0 saturated heterocycles. The van der Waals surface area contributed by atoms with Crippen LogP contribution < -0.4 is 5.32 Å². The van der Waals surface area contributed by atoms with Crippen molar-refractivity contribution in [2.75, 3.05) is 7.05 Å². The predicted octanol–water partition coefficient (Wildman–Crippen LogP) is 4.57. The van der Waals surface area contributed by atoms with Gasteiger partial charge in [0.25, 0.3) is 0 Å². The lowest BCUT2D eigenvalue weighted by atomic mass is 9.85. The summed E-state index contributed by atoms with van der Waals surface area (Å²) in [6.07, 6.45) is 0. The molecule has 2 nitrogen and oxygen atoms in total. The Bertz CT molecular complexity index is 573. The molecule has 2 heteroatoms. The Morgan fingerprint density at radius 1 is 1.21 bits per heavy atom. The molecular weight excluding hydrogens is 234 g/mol. The summed E-state index contributed by atoms with van der Waals surface area (Å²) in [6, 6.07) is 6.51. The van der Waals surface area contributed by atoms with Crippen molar-refractivity contribution in [1.29, 1.82) is 0 Å². The Morgan fingerprint density at radius 3 is 2.42 bits per heavy atom. The maximum atomic E-state index is 6.20. The number of benzene rings is 1. The fourth-order valence-electron chi connectivity index (χ4n) is 2.70. The molecule has 0 aliphatic rings. The molecule has 2 rings (SSSR count). The standard InChI is InChI=1S/C17H25NO/c1-11(2)15-12-8-7-9-13(17(3,4)5)16(12)19-14(15)10-18-6/h7-9,11,18H,10H2,1-6H3. The lowest BCUT2D eigenvalue weighted by Crippen LogP contribution is -2.11. The van der Waals surface area contributed by atoms with Crippen molar-refractivity contribution < 1.29 is 4.42 Å². The number of fused-ring (bicyclic) bond motifs is 1. The second-order valence-electron chi connectivity index (χ2n) is 6.56. The van der Waals surface area contributed by atoms with E-state index >= 15 is 0 Å². The molecule has 2 aromatic rings. The van der Waals surface area contributed by atoms with Crippen LogP contribution >= 0.6 is 0 Å². The summed E-state index contributed by atoms with van der Waals surface area (Å²) in [4.78, 5) is 0. The summed E-state index contributed by atoms with van der Waals surface area (Å²) in [5.41, 5.74) is 3.79. The van der Waals surface area contributed by atoms with Gasteiger partial charge in [-0.3, -0.25) is 0 Å². The number of rotatable bonds is 3. The van der Waals surface area contributed by atoms with Gasteiger partial charge in [-0.25, -0.2) is 0 Å². The first-order valence-electron chi connectivity index (χ1n) is 7.05. The van der Waals surface area contributed by atoms with Crippen LogP contribution in [0.25, 0.3) is 11.0 Å². The van der Waals surface area contributed by atoms with Crippen LogP contribution in [-0.2, 0) is 12.0 Å². The van der Waals surface area contributed by atoms with Crippen molar-refractivity contribution in [2.45, 2.75) is 52.5 Å². The average molecular weight is 259 g/mol. The average Bonchev–Trinajstić information content (AvgIpc) is 2.65. The first-order chi connectivity index (χ1) is 8.86. The van der Waals surface area contributed by atoms with Gasteiger partial charge in [-0.1, -0.05) is 52.8 Å². The summed E-state index contributed by atoms with van der Waals surface area (Å²) in [6.45, 7) is 11.9. The highest BCUT2D eigenvalue weighted by atomic mass is 16.3. The van der Waals surface area contributed by atoms with Gasteiger partial charge in [0.2, 0.25) is 0 Å². The van der Waals surface area contributed by atoms with E-state index in [-0.39, 0.29) is 5.41 Å². The van der Waals surface area contributed by atoms with E-state index < -0.39 is 0 Å². The lowest BCUT2D eigenvalue weighted by molar-refractivity contribution is 0.505. The molecular formula is C17H25NO. The summed E-state index contributed by atoms with van der Waals surface area (Å²) >= 11 is 0. The Labute approximate surface area is 116 Å². The first-order valence-corrected chi connectivity index (χ1v) is 7.05. The summed E-state index contributed by atoms with van der Waals surface area (Å²) in [7, 11) is 1.96. The molecule has 0 unspecified atom stereocenters. The summed E-state index contributed by atoms with van der Waals surface area (Å²) in [5, 5.41) is 4.48. The fourth-order valence-corrected chi connectivity index (χ4v) is 2.70. The lowest BCUT2D eigenvalue weighted by Gasteiger charge is -2.19. The van der Waals surface area contributed by atoms with Crippen LogP contribution in [0.15, 0.2) is 22.6 Å². The summed E-state index contributed by atoms with van der Waals surface area (Å²) in [5.74, 6) is 1.55. The van der Waals surface area contributed by atoms with E-state index in [4.69, 9.17) is 4.42 Å². The molecule has 1 N–H and O–H groups in total. The van der Waals surface area contributed by atoms with E-state index in [1.807, 2.05) is 7.05 Å². The van der Waals surface area contributed by atoms with Crippen molar-refractivity contribution >= 4 is 11.0 Å². The minimum absolute atomic E-state index is 0.0997. The van der Waals surface area contributed by atoms with Gasteiger partial charge in [0.05, 0.1) is 6.54 Å². The van der Waals surface area contributed by atoms with Gasteiger partial charge in [0.15, 0.2) is 0 Å². The van der Waals surface area contributed by atoms with Crippen molar-refractivity contribution in [2.24, 2.45) is 0 Å². The Hall–Kier alpha value is -1.28. The zero-order chi connectivity index (χ0) is 14.2. The van der Waals surface area contributed by atoms with Crippen LogP contribution in [0.2, 0.25) is 0 Å². The number of furan rings is 1. The molecule has 0 amide bonds. The number of para-hydroxylation sites is 1. The Kier molecular flexibility index (Phi) is 3.73. The van der Waals surface area contributed by atoms with Crippen LogP contribution in [0.4, 0.5) is 0 Å². The maximum Gasteiger partial charge on any atom is 0.138 e. The van der Waals surface area contributed by atoms with Gasteiger partial charge in [-0.2, -0.15) is 0 Å². The first kappa shape index (κ1) is 14.1. The fraction of sp³-hybridized carbons (Fsp3) is 0.529. The van der Waals surface area contributed by atoms with Crippen LogP contribution in [0.3, 0.4) is 0 Å². The second kappa shape index (κ2) is 5.01. The highest BCUT2D eigenvalue weighted by Crippen LogP contribution is 2.37. The highest BCUT2D eigenvalue weighted by Gasteiger charge is 2.23. The third-order valence-electron chi connectivity index (χ3n) is 3.55. The molecule has 1 aromatic carbocycles. The predicted molar refractivity (Wildman–Crippen MR) is 81.8 cm³/mol. The second-order valence-corrected chi connectivity index (χ2v) is 6.56. The van der Waals surface area contributed by atoms with Crippen LogP contribution in [0.1, 0.15) is 57.4 Å². The zero-order valence-electron chi connectivity index (χ0n) is 12.9. The van der Waals surface area contributed by atoms with Gasteiger partial charge >= 0.3 is 0 Å². The molecule has 0 bridgehead atoms. The van der Waals surface area contributed by atoms with Gasteiger partial charge in [0.1, 0.15) is 11.3 Å². The van der Waals surface area contributed by atoms with E-state index in [2.05, 4.69) is 58.1 Å². The van der Waals surface area contributed by atoms with Gasteiger partial charge in [-0.05, 0) is 18.4 Å². The zero-order valence-corrected chi connectivity index (χ0v) is 12.9. The molecule has 0 fully saturated rings. The van der Waals surface area contributed by atoms with Crippen molar-refractivity contribution in [3.05, 3.63) is 35.1 Å². The van der Waals surface area contributed by atoms with Crippen molar-refractivity contribution in [3.8, 4) is 0 Å². The monoisotopic (exact) mass is 259 g/mol. The minimum atomic E-state index is 0.0997. The van der Waals surface area contributed by atoms with Crippen molar-refractivity contribution in [3.63, 3.8) is 0 Å². The largest absolute Gasteiger partial charge is 0.459 e. The normalized spacial score (nSPS) is 12.6. The minimum Gasteiger partial charge on any atom is -0.459 e. The molecule has 19 heavy (non-hydrogen) atoms. The summed E-state index contributed by atoms with van der Waals surface area (Å²) < 4.78 is 6.20. The van der Waals surface area contributed by atoms with Gasteiger partial charge in [-0.15, -0.1) is 0 Å². The molecule has 1 heterocycles. The van der Waals surface area contributed by atoms with Crippen LogP contribution in [-0.4, -0.2) is 7.05 Å². The molecule has 0 atom stereocenters. The van der Waals surface area contributed by atoms with E-state index in [0.717, 1.165) is 17.9 Å². The van der Waals surface area contributed by atoms with Crippen molar-refractivity contribution in [1.82, 2.24) is 5.32 Å². The Morgan fingerprint density at radius 2 is 1.89 bits per heavy atom. The van der Waals surface area contributed by atoms with E-state index in [0.29, 0.717) is 5.92 Å². The quantitative estimate of drug-likeness (QED) is 0.873. The SMILES string of the molecule is CNCc1oc2c(C(C)(C)C)cccc2c1C(C)C. The van der Waals surface area contributed by atoms with E-state index in [1.165, 1.54) is 16.5 Å². The molecule has 104 valence electrons. The number of nitrogens with one attached hydrogen (secondary N) is 1. The molecule has 0 aliphatic carbocycles. The molecule has 0 saturated carbocycles. The molecule has 0 radical (unpaired) electrons.